The minimum atomic E-state index is -1.50. The molecule has 2 N–H and O–H groups in total. The average molecular weight is 306 g/mol. The van der Waals surface area contributed by atoms with Crippen LogP contribution in [0.2, 0.25) is 0 Å². The maximum Gasteiger partial charge on any atom is 1.00 e. The Hall–Kier alpha value is -0.820. The zero-order valence-electron chi connectivity index (χ0n) is 8.78. The van der Waals surface area contributed by atoms with Crippen molar-refractivity contribution in [3.63, 3.8) is 0 Å². The first-order valence-corrected chi connectivity index (χ1v) is 5.06. The molecule has 0 fully saturated rings. The summed E-state index contributed by atoms with van der Waals surface area (Å²) in [6.45, 7) is 0. The molecule has 82 valence electrons. The van der Waals surface area contributed by atoms with Gasteiger partial charge in [0.05, 0.1) is 21.7 Å². The molecule has 0 radical (unpaired) electrons. The van der Waals surface area contributed by atoms with E-state index in [2.05, 4.69) is 20.9 Å². The minimum Gasteiger partial charge on any atom is -0.543 e. The van der Waals surface area contributed by atoms with Crippen LogP contribution in [0.15, 0.2) is 27.5 Å². The monoisotopic (exact) mass is 305 g/mol. The van der Waals surface area contributed by atoms with Crippen molar-refractivity contribution < 1.29 is 44.6 Å². The third kappa shape index (κ3) is 2.55. The second kappa shape index (κ2) is 5.22. The second-order valence-corrected chi connectivity index (χ2v) is 4.01. The maximum atomic E-state index is 11.5. The van der Waals surface area contributed by atoms with E-state index >= 15 is 0 Å². The molecule has 1 heterocycles. The van der Waals surface area contributed by atoms with E-state index < -0.39 is 11.4 Å². The Balaban J connectivity index is 0.00000144. The summed E-state index contributed by atoms with van der Waals surface area (Å²) in [6, 6.07) is 3.91. The Morgan fingerprint density at radius 3 is 2.65 bits per heavy atom. The van der Waals surface area contributed by atoms with E-state index in [1.807, 2.05) is 0 Å². The number of H-pyrrole nitrogens is 1. The van der Waals surface area contributed by atoms with Crippen LogP contribution in [0.25, 0.3) is 10.9 Å². The van der Waals surface area contributed by atoms with Crippen molar-refractivity contribution in [1.29, 1.82) is 0 Å². The molecule has 0 atom stereocenters. The van der Waals surface area contributed by atoms with E-state index in [9.17, 15) is 19.8 Å². The number of nitrogens with one attached hydrogen (secondary N) is 1. The first kappa shape index (κ1) is 14.2. The van der Waals surface area contributed by atoms with Crippen LogP contribution >= 0.6 is 15.9 Å². The van der Waals surface area contributed by atoms with Crippen molar-refractivity contribution in [3.8, 4) is 5.75 Å². The summed E-state index contributed by atoms with van der Waals surface area (Å²) in [4.78, 5) is 24.6. The number of halogens is 1. The third-order valence-electron chi connectivity index (χ3n) is 2.15. The van der Waals surface area contributed by atoms with E-state index in [1.165, 1.54) is 12.1 Å². The van der Waals surface area contributed by atoms with Crippen LogP contribution in [-0.2, 0) is 0 Å². The largest absolute Gasteiger partial charge is 1.00 e. The molecule has 0 spiro atoms. The Bertz CT molecular complexity index is 653. The van der Waals surface area contributed by atoms with Gasteiger partial charge < -0.3 is 20.0 Å². The number of phenolic OH excluding ortho intramolecular Hbond substituents is 1. The normalized spacial score (nSPS) is 9.94. The third-order valence-corrected chi connectivity index (χ3v) is 2.79. The molecule has 1 aromatic heterocycles. The van der Waals surface area contributed by atoms with Crippen LogP contribution < -0.4 is 40.1 Å². The van der Waals surface area contributed by atoms with E-state index in [0.717, 1.165) is 6.07 Å². The molecule has 7 heteroatoms. The van der Waals surface area contributed by atoms with Gasteiger partial charge in [0.2, 0.25) is 0 Å². The number of aromatic carboxylic acids is 1. The zero-order chi connectivity index (χ0) is 11.9. The molecule has 0 saturated carbocycles. The number of hydrogen-bond donors (Lipinski definition) is 2. The number of fused-ring (bicyclic) bond motifs is 1. The summed E-state index contributed by atoms with van der Waals surface area (Å²) >= 11 is 3.07. The average Bonchev–Trinajstić information content (AvgIpc) is 2.23. The standard InChI is InChI=1S/C10H6BrNO4.Na/c11-5-2-1-4-7(13)3-6(10(15)16)12-8(4)9(5)14;/h1-3,14H,(H,12,13)(H,15,16);/q;+1/p-1. The fourth-order valence-electron chi connectivity index (χ4n) is 1.39. The van der Waals surface area contributed by atoms with Gasteiger partial charge in [0.1, 0.15) is 0 Å². The minimum absolute atomic E-state index is 0. The van der Waals surface area contributed by atoms with Crippen LogP contribution in [0.1, 0.15) is 10.5 Å². The van der Waals surface area contributed by atoms with Gasteiger partial charge in [-0.05, 0) is 28.1 Å². The van der Waals surface area contributed by atoms with Gasteiger partial charge in [0.25, 0.3) is 0 Å². The molecule has 2 rings (SSSR count). The number of aromatic amines is 1. The molecule has 0 unspecified atom stereocenters. The van der Waals surface area contributed by atoms with Crippen LogP contribution in [0.4, 0.5) is 0 Å². The van der Waals surface area contributed by atoms with E-state index in [4.69, 9.17) is 0 Å². The van der Waals surface area contributed by atoms with Crippen molar-refractivity contribution in [2.45, 2.75) is 0 Å². The van der Waals surface area contributed by atoms with Gasteiger partial charge in [0.15, 0.2) is 11.2 Å². The zero-order valence-corrected chi connectivity index (χ0v) is 12.4. The number of carbonyl (C=O) groups excluding carboxylic acids is 1. The molecule has 1 aromatic carbocycles. The van der Waals surface area contributed by atoms with Crippen molar-refractivity contribution in [2.75, 3.05) is 0 Å². The molecule has 17 heavy (non-hydrogen) atoms. The molecule has 0 bridgehead atoms. The van der Waals surface area contributed by atoms with Gasteiger partial charge in [-0.25, -0.2) is 0 Å². The Morgan fingerprint density at radius 2 is 2.06 bits per heavy atom. The summed E-state index contributed by atoms with van der Waals surface area (Å²) in [5.74, 6) is -1.71. The number of rotatable bonds is 1. The van der Waals surface area contributed by atoms with Gasteiger partial charge >= 0.3 is 29.6 Å². The molecule has 0 aliphatic rings. The second-order valence-electron chi connectivity index (χ2n) is 3.15. The van der Waals surface area contributed by atoms with Crippen LogP contribution in [-0.4, -0.2) is 16.1 Å². The van der Waals surface area contributed by atoms with Gasteiger partial charge in [-0.3, -0.25) is 4.79 Å². The molecule has 0 saturated heterocycles. The first-order valence-electron chi connectivity index (χ1n) is 4.26. The first-order chi connectivity index (χ1) is 7.50. The maximum absolute atomic E-state index is 11.5. The molecular formula is C10H5BrNNaO4. The molecule has 0 amide bonds. The number of carboxylic acid groups (broad SMARTS) is 1. The number of hydrogen-bond acceptors (Lipinski definition) is 4. The topological polar surface area (TPSA) is 93.2 Å². The van der Waals surface area contributed by atoms with Gasteiger partial charge in [0, 0.05) is 11.5 Å². The molecule has 2 aromatic rings. The predicted molar refractivity (Wildman–Crippen MR) is 58.3 cm³/mol. The van der Waals surface area contributed by atoms with Crippen LogP contribution in [0.5, 0.6) is 5.75 Å². The number of aromatic nitrogens is 1. The summed E-state index contributed by atoms with van der Waals surface area (Å²) in [6.07, 6.45) is 0. The number of carbonyl (C=O) groups is 1. The molecule has 0 aliphatic heterocycles. The van der Waals surface area contributed by atoms with Gasteiger partial charge in [-0.2, -0.15) is 0 Å². The van der Waals surface area contributed by atoms with E-state index in [0.29, 0.717) is 4.47 Å². The number of benzene rings is 1. The quantitative estimate of drug-likeness (QED) is 0.564. The van der Waals surface area contributed by atoms with Crippen molar-refractivity contribution in [1.82, 2.24) is 4.98 Å². The number of carboxylic acids is 1. The summed E-state index contributed by atoms with van der Waals surface area (Å²) in [5.41, 5.74) is -0.789. The van der Waals surface area contributed by atoms with Crippen molar-refractivity contribution >= 4 is 32.8 Å². The van der Waals surface area contributed by atoms with Gasteiger partial charge in [-0.15, -0.1) is 0 Å². The van der Waals surface area contributed by atoms with Crippen molar-refractivity contribution in [3.05, 3.63) is 38.6 Å². The Kier molecular flexibility index (Phi) is 4.37. The van der Waals surface area contributed by atoms with Crippen LogP contribution in [0.3, 0.4) is 0 Å². The summed E-state index contributed by atoms with van der Waals surface area (Å²) in [7, 11) is 0. The SMILES string of the molecule is O=C([O-])c1cc(=O)c2ccc(Br)c(O)c2[nH]1.[Na+]. The van der Waals surface area contributed by atoms with Crippen LogP contribution in [0, 0.1) is 0 Å². The molecular weight excluding hydrogens is 301 g/mol. The Labute approximate surface area is 126 Å². The summed E-state index contributed by atoms with van der Waals surface area (Å²) < 4.78 is 0.367. The molecule has 5 nitrogen and oxygen atoms in total. The van der Waals surface area contributed by atoms with E-state index in [-0.39, 0.29) is 51.9 Å². The Morgan fingerprint density at radius 1 is 1.41 bits per heavy atom. The summed E-state index contributed by atoms with van der Waals surface area (Å²) in [5, 5.41) is 20.5. The van der Waals surface area contributed by atoms with Gasteiger partial charge in [-0.1, -0.05) is 0 Å². The van der Waals surface area contributed by atoms with Crippen molar-refractivity contribution in [2.24, 2.45) is 0 Å². The number of aromatic hydroxyl groups is 1. The van der Waals surface area contributed by atoms with E-state index in [1.54, 1.807) is 0 Å². The smallest absolute Gasteiger partial charge is 0.543 e. The fraction of sp³-hybridized carbons (Fsp3) is 0. The number of pyridine rings is 1. The number of phenols is 1. The predicted octanol–water partition coefficient (Wildman–Crippen LogP) is -2.64. The fourth-order valence-corrected chi connectivity index (χ4v) is 1.72. The molecule has 0 aliphatic carbocycles.